The smallest absolute Gasteiger partial charge is 0.159 e. The lowest BCUT2D eigenvalue weighted by atomic mass is 9.97. The van der Waals surface area contributed by atoms with Crippen molar-refractivity contribution in [2.24, 2.45) is 0 Å². The number of hydrogen-bond donors (Lipinski definition) is 0. The van der Waals surface area contributed by atoms with Crippen molar-refractivity contribution in [2.45, 2.75) is 0 Å². The third-order valence-electron chi connectivity index (χ3n) is 15.5. The molecule has 0 amide bonds. The summed E-state index contributed by atoms with van der Waals surface area (Å²) in [6.45, 7) is 0. The first kappa shape index (κ1) is 38.1. The largest absolute Gasteiger partial charge is 0.454 e. The van der Waals surface area contributed by atoms with E-state index in [2.05, 4.69) is 237 Å². The highest BCUT2D eigenvalue weighted by atomic mass is 16.3. The van der Waals surface area contributed by atoms with E-state index >= 15 is 0 Å². The molecular formula is C66H38N4O2. The van der Waals surface area contributed by atoms with Crippen LogP contribution in [0, 0.1) is 0 Å². The van der Waals surface area contributed by atoms with Crippen molar-refractivity contribution in [3.8, 4) is 0 Å². The van der Waals surface area contributed by atoms with Gasteiger partial charge in [0.2, 0.25) is 0 Å². The van der Waals surface area contributed by atoms with Crippen molar-refractivity contribution in [3.63, 3.8) is 0 Å². The number of furan rings is 2. The van der Waals surface area contributed by atoms with E-state index in [1.165, 1.54) is 65.2 Å². The molecule has 334 valence electrons. The zero-order chi connectivity index (χ0) is 46.8. The van der Waals surface area contributed by atoms with Crippen LogP contribution < -0.4 is 9.80 Å². The molecule has 6 heteroatoms. The molecule has 17 aromatic rings. The minimum absolute atomic E-state index is 0.863. The topological polar surface area (TPSA) is 41.6 Å². The maximum absolute atomic E-state index is 6.72. The fourth-order valence-corrected chi connectivity index (χ4v) is 12.7. The molecule has 0 spiro atoms. The fraction of sp³-hybridized carbons (Fsp3) is 0. The Morgan fingerprint density at radius 3 is 1.07 bits per heavy atom. The van der Waals surface area contributed by atoms with Gasteiger partial charge in [0.05, 0.1) is 44.5 Å². The Morgan fingerprint density at radius 2 is 0.625 bits per heavy atom. The molecule has 0 aliphatic carbocycles. The molecule has 0 aliphatic rings. The van der Waals surface area contributed by atoms with Gasteiger partial charge in [-0.15, -0.1) is 0 Å². The number of para-hydroxylation sites is 8. The van der Waals surface area contributed by atoms with Crippen LogP contribution in [0.25, 0.3) is 120 Å². The van der Waals surface area contributed by atoms with E-state index in [4.69, 9.17) is 8.83 Å². The molecule has 0 unspecified atom stereocenters. The predicted molar refractivity (Wildman–Crippen MR) is 300 cm³/mol. The van der Waals surface area contributed by atoms with Crippen LogP contribution in [0.2, 0.25) is 0 Å². The number of aromatic nitrogens is 2. The van der Waals surface area contributed by atoms with Crippen LogP contribution in [-0.4, -0.2) is 8.80 Å². The summed E-state index contributed by atoms with van der Waals surface area (Å²) < 4.78 is 18.5. The normalized spacial score (nSPS) is 12.4. The molecule has 0 radical (unpaired) electrons. The third kappa shape index (κ3) is 4.87. The number of rotatable bonds is 6. The number of benzene rings is 11. The zero-order valence-electron chi connectivity index (χ0n) is 38.5. The van der Waals surface area contributed by atoms with E-state index in [0.29, 0.717) is 0 Å². The van der Waals surface area contributed by atoms with Crippen LogP contribution in [-0.2, 0) is 0 Å². The minimum Gasteiger partial charge on any atom is -0.454 e. The maximum atomic E-state index is 6.72. The SMILES string of the molecule is c1ccc(N(c2ccc3c4c5c6ccccc6n6c7cc(N(c8ccccc8)c8cccc9c8oc8ccccc89)ccc7c(c7c8ccccc8n(c3c2)c74)c56)c2cccc3c2oc2ccccc23)cc1. The molecule has 6 nitrogen and oxygen atoms in total. The van der Waals surface area contributed by atoms with Crippen molar-refractivity contribution in [1.29, 1.82) is 0 Å². The van der Waals surface area contributed by atoms with Gasteiger partial charge in [-0.05, 0) is 84.9 Å². The van der Waals surface area contributed by atoms with Crippen LogP contribution >= 0.6 is 0 Å². The van der Waals surface area contributed by atoms with Gasteiger partial charge >= 0.3 is 0 Å². The molecule has 0 bridgehead atoms. The predicted octanol–water partition coefficient (Wildman–Crippen LogP) is 18.7. The van der Waals surface area contributed by atoms with Crippen LogP contribution in [0.3, 0.4) is 0 Å². The minimum atomic E-state index is 0.863. The summed E-state index contributed by atoms with van der Waals surface area (Å²) in [5.41, 5.74) is 16.9. The van der Waals surface area contributed by atoms with Gasteiger partial charge in [-0.25, -0.2) is 0 Å². The van der Waals surface area contributed by atoms with E-state index in [9.17, 15) is 0 Å². The van der Waals surface area contributed by atoms with Crippen molar-refractivity contribution >= 4 is 154 Å². The summed E-state index contributed by atoms with van der Waals surface area (Å²) in [5.74, 6) is 0. The Labute approximate surface area is 410 Å². The van der Waals surface area contributed by atoms with E-state index in [0.717, 1.165) is 89.0 Å². The average Bonchev–Trinajstić information content (AvgIpc) is 4.29. The molecule has 0 aliphatic heterocycles. The number of nitrogens with zero attached hydrogens (tertiary/aromatic N) is 4. The molecule has 72 heavy (non-hydrogen) atoms. The van der Waals surface area contributed by atoms with Crippen LogP contribution in [0.4, 0.5) is 34.1 Å². The van der Waals surface area contributed by atoms with Crippen LogP contribution in [0.15, 0.2) is 239 Å². The van der Waals surface area contributed by atoms with E-state index in [1.54, 1.807) is 0 Å². The Balaban J connectivity index is 0.966. The van der Waals surface area contributed by atoms with Crippen molar-refractivity contribution < 1.29 is 8.83 Å². The first-order valence-electron chi connectivity index (χ1n) is 24.6. The molecule has 6 aromatic heterocycles. The third-order valence-corrected chi connectivity index (χ3v) is 15.5. The highest BCUT2D eigenvalue weighted by Gasteiger charge is 2.30. The summed E-state index contributed by atoms with van der Waals surface area (Å²) in [4.78, 5) is 4.71. The molecule has 0 fully saturated rings. The zero-order valence-corrected chi connectivity index (χ0v) is 38.5. The standard InChI is InChI=1S/C66H38N4O2/c1-3-17-39(18-4-1)67(53-29-15-25-45-43-21-9-13-31-57(43)71-65(45)53)41-33-35-49-55(37-41)69-51-27-11-7-23-47(51)60-62-50-36-34-42(38-56(50)70-52-28-12-8-24-48(52)59(64(62)70)61(49)63(60)69)68(40-19-5-2-6-20-40)54-30-16-26-46-44-22-10-14-32-58(44)72-66(46)54/h1-38H. The van der Waals surface area contributed by atoms with Gasteiger partial charge in [0.25, 0.3) is 0 Å². The number of anilines is 6. The second-order valence-electron chi connectivity index (χ2n) is 19.2. The summed E-state index contributed by atoms with van der Waals surface area (Å²) in [7, 11) is 0. The first-order chi connectivity index (χ1) is 35.8. The lowest BCUT2D eigenvalue weighted by Gasteiger charge is -2.25. The highest BCUT2D eigenvalue weighted by molar-refractivity contribution is 6.45. The second kappa shape index (κ2) is 13.9. The monoisotopic (exact) mass is 918 g/mol. The molecule has 11 aromatic carbocycles. The summed E-state index contributed by atoms with van der Waals surface area (Å²) >= 11 is 0. The first-order valence-corrected chi connectivity index (χ1v) is 24.6. The summed E-state index contributed by atoms with van der Waals surface area (Å²) in [6.07, 6.45) is 0. The number of hydrogen-bond acceptors (Lipinski definition) is 4. The maximum Gasteiger partial charge on any atom is 0.159 e. The van der Waals surface area contributed by atoms with Gasteiger partial charge in [-0.2, -0.15) is 0 Å². The quantitative estimate of drug-likeness (QED) is 0.167. The molecule has 0 saturated carbocycles. The van der Waals surface area contributed by atoms with Crippen molar-refractivity contribution in [3.05, 3.63) is 231 Å². The van der Waals surface area contributed by atoms with Gasteiger partial charge < -0.3 is 27.4 Å². The average molecular weight is 919 g/mol. The van der Waals surface area contributed by atoms with Crippen molar-refractivity contribution in [2.75, 3.05) is 9.80 Å². The lowest BCUT2D eigenvalue weighted by Crippen LogP contribution is -2.10. The Morgan fingerprint density at radius 1 is 0.264 bits per heavy atom. The molecular weight excluding hydrogens is 881 g/mol. The van der Waals surface area contributed by atoms with Gasteiger partial charge in [0.15, 0.2) is 11.2 Å². The van der Waals surface area contributed by atoms with Gasteiger partial charge in [-0.3, -0.25) is 0 Å². The summed E-state index contributed by atoms with van der Waals surface area (Å²) in [5, 5.41) is 14.4. The van der Waals surface area contributed by atoms with E-state index < -0.39 is 0 Å². The fourth-order valence-electron chi connectivity index (χ4n) is 12.7. The Kier molecular flexibility index (Phi) is 7.38. The lowest BCUT2D eigenvalue weighted by molar-refractivity contribution is 0.668. The van der Waals surface area contributed by atoms with E-state index in [-0.39, 0.29) is 0 Å². The Bertz CT molecular complexity index is 4740. The Hall–Kier alpha value is -9.78. The molecule has 0 atom stereocenters. The van der Waals surface area contributed by atoms with Gasteiger partial charge in [0, 0.05) is 87.4 Å². The van der Waals surface area contributed by atoms with Gasteiger partial charge in [0.1, 0.15) is 11.2 Å². The molecule has 17 rings (SSSR count). The van der Waals surface area contributed by atoms with Crippen LogP contribution in [0.5, 0.6) is 0 Å². The summed E-state index contributed by atoms with van der Waals surface area (Å²) in [6, 6.07) is 83.1. The molecule has 6 heterocycles. The molecule has 0 N–H and O–H groups in total. The highest BCUT2D eigenvalue weighted by Crippen LogP contribution is 2.54. The van der Waals surface area contributed by atoms with Crippen LogP contribution in [0.1, 0.15) is 0 Å². The second-order valence-corrected chi connectivity index (χ2v) is 19.2. The van der Waals surface area contributed by atoms with Gasteiger partial charge in [-0.1, -0.05) is 146 Å². The molecule has 0 saturated heterocycles. The van der Waals surface area contributed by atoms with Crippen molar-refractivity contribution in [1.82, 2.24) is 8.80 Å². The van der Waals surface area contributed by atoms with E-state index in [1.807, 2.05) is 12.1 Å². The number of fused-ring (bicyclic) bond motifs is 20.